The zero-order chi connectivity index (χ0) is 10.4. The molecule has 0 aromatic rings. The number of halogens is 2. The topological polar surface area (TPSA) is 35.5 Å². The Hall–Kier alpha value is -0.710. The summed E-state index contributed by atoms with van der Waals surface area (Å²) >= 11 is 0. The largest absolute Gasteiger partial charge is 0.441 e. The number of hydrogen-bond acceptors (Lipinski definition) is 3. The smallest absolute Gasteiger partial charge is 0.295 e. The maximum atomic E-state index is 12.9. The van der Waals surface area contributed by atoms with Gasteiger partial charge < -0.3 is 9.47 Å². The highest BCUT2D eigenvalue weighted by molar-refractivity contribution is 5.36. The highest BCUT2D eigenvalue weighted by Crippen LogP contribution is 2.36. The van der Waals surface area contributed by atoms with E-state index in [2.05, 4.69) is 4.74 Å². The first kappa shape index (κ1) is 11.4. The Balaban J connectivity index is 2.14. The van der Waals surface area contributed by atoms with Gasteiger partial charge in [-0.1, -0.05) is 0 Å². The summed E-state index contributed by atoms with van der Waals surface area (Å²) in [5.41, 5.74) is 0. The molecule has 5 heteroatoms. The number of alkyl halides is 2. The molecule has 0 spiro atoms. The Morgan fingerprint density at radius 3 is 2.93 bits per heavy atom. The lowest BCUT2D eigenvalue weighted by molar-refractivity contribution is -0.144. The maximum Gasteiger partial charge on any atom is 0.295 e. The Morgan fingerprint density at radius 1 is 1.50 bits per heavy atom. The van der Waals surface area contributed by atoms with Crippen LogP contribution in [0.1, 0.15) is 25.7 Å². The quantitative estimate of drug-likeness (QED) is 0.393. The Kier molecular flexibility index (Phi) is 4.25. The molecular formula is C9H14F2O3. The monoisotopic (exact) mass is 208 g/mol. The van der Waals surface area contributed by atoms with Gasteiger partial charge in [0.25, 0.3) is 6.47 Å². The second kappa shape index (κ2) is 5.24. The summed E-state index contributed by atoms with van der Waals surface area (Å²) in [7, 11) is 0. The lowest BCUT2D eigenvalue weighted by atomic mass is 9.87. The molecule has 0 bridgehead atoms. The van der Waals surface area contributed by atoms with Crippen molar-refractivity contribution in [3.63, 3.8) is 0 Å². The van der Waals surface area contributed by atoms with Gasteiger partial charge in [-0.3, -0.25) is 4.79 Å². The van der Waals surface area contributed by atoms with Crippen molar-refractivity contribution in [3.8, 4) is 0 Å². The molecule has 14 heavy (non-hydrogen) atoms. The highest BCUT2D eigenvalue weighted by atomic mass is 19.3. The first-order chi connectivity index (χ1) is 6.64. The molecule has 0 saturated heterocycles. The van der Waals surface area contributed by atoms with Gasteiger partial charge in [-0.05, 0) is 18.8 Å². The van der Waals surface area contributed by atoms with E-state index in [0.29, 0.717) is 6.42 Å². The summed E-state index contributed by atoms with van der Waals surface area (Å²) in [5, 5.41) is 0. The average Bonchev–Trinajstić information content (AvgIpc) is 2.11. The minimum atomic E-state index is -2.54. The Morgan fingerprint density at radius 2 is 2.29 bits per heavy atom. The van der Waals surface area contributed by atoms with E-state index in [1.54, 1.807) is 0 Å². The fourth-order valence-corrected chi connectivity index (χ4v) is 1.71. The van der Waals surface area contributed by atoms with E-state index in [1.807, 2.05) is 0 Å². The Labute approximate surface area is 81.4 Å². The molecule has 1 atom stereocenters. The molecule has 0 aromatic carbocycles. The molecule has 0 heterocycles. The third-order valence-corrected chi connectivity index (χ3v) is 2.32. The van der Waals surface area contributed by atoms with Gasteiger partial charge in [-0.15, -0.1) is 0 Å². The van der Waals surface area contributed by atoms with Crippen molar-refractivity contribution in [1.82, 2.24) is 0 Å². The summed E-state index contributed by atoms with van der Waals surface area (Å²) in [4.78, 5) is 9.74. The second-order valence-electron chi connectivity index (χ2n) is 3.57. The zero-order valence-electron chi connectivity index (χ0n) is 7.88. The molecule has 1 unspecified atom stereocenters. The van der Waals surface area contributed by atoms with Crippen molar-refractivity contribution in [2.45, 2.75) is 31.6 Å². The molecule has 0 amide bonds. The van der Waals surface area contributed by atoms with Crippen LogP contribution < -0.4 is 0 Å². The summed E-state index contributed by atoms with van der Waals surface area (Å²) in [5.74, 6) is -2.66. The molecule has 1 aliphatic rings. The molecule has 0 N–H and O–H groups in total. The summed E-state index contributed by atoms with van der Waals surface area (Å²) in [6.45, 7) is 0.366. The van der Waals surface area contributed by atoms with Crippen molar-refractivity contribution >= 4 is 6.47 Å². The second-order valence-corrected chi connectivity index (χ2v) is 3.57. The van der Waals surface area contributed by atoms with Crippen LogP contribution in [0.25, 0.3) is 0 Å². The molecule has 1 saturated carbocycles. The van der Waals surface area contributed by atoms with E-state index < -0.39 is 5.92 Å². The number of carbonyl (C=O) groups is 1. The van der Waals surface area contributed by atoms with E-state index >= 15 is 0 Å². The molecule has 1 aliphatic carbocycles. The summed E-state index contributed by atoms with van der Waals surface area (Å²) < 4.78 is 35.0. The van der Waals surface area contributed by atoms with Crippen LogP contribution in [-0.4, -0.2) is 25.8 Å². The van der Waals surface area contributed by atoms with Crippen LogP contribution in [-0.2, 0) is 14.3 Å². The van der Waals surface area contributed by atoms with Crippen molar-refractivity contribution in [3.05, 3.63) is 0 Å². The van der Waals surface area contributed by atoms with Gasteiger partial charge in [0.1, 0.15) is 0 Å². The molecule has 3 nitrogen and oxygen atoms in total. The van der Waals surface area contributed by atoms with Crippen LogP contribution in [0.3, 0.4) is 0 Å². The first-order valence-electron chi connectivity index (χ1n) is 4.65. The molecule has 0 aromatic heterocycles. The van der Waals surface area contributed by atoms with Crippen LogP contribution in [0.4, 0.5) is 8.78 Å². The molecular weight excluding hydrogens is 194 g/mol. The van der Waals surface area contributed by atoms with E-state index in [-0.39, 0.29) is 38.6 Å². The van der Waals surface area contributed by atoms with Gasteiger partial charge in [0.05, 0.1) is 6.61 Å². The molecule has 1 fully saturated rings. The van der Waals surface area contributed by atoms with E-state index in [9.17, 15) is 13.6 Å². The molecule has 1 rings (SSSR count). The van der Waals surface area contributed by atoms with Crippen LogP contribution in [0.2, 0.25) is 0 Å². The minimum absolute atomic E-state index is 0.0195. The summed E-state index contributed by atoms with van der Waals surface area (Å²) in [6, 6.07) is 0. The number of hydrogen-bond donors (Lipinski definition) is 0. The normalized spacial score (nSPS) is 25.7. The number of ether oxygens (including phenoxy) is 2. The highest BCUT2D eigenvalue weighted by Gasteiger charge is 2.36. The molecule has 0 radical (unpaired) electrons. The lowest BCUT2D eigenvalue weighted by Crippen LogP contribution is -2.28. The van der Waals surface area contributed by atoms with Crippen molar-refractivity contribution in [2.75, 3.05) is 13.4 Å². The van der Waals surface area contributed by atoms with E-state index in [1.165, 1.54) is 0 Å². The lowest BCUT2D eigenvalue weighted by Gasteiger charge is -2.28. The Bertz CT molecular complexity index is 185. The molecule has 82 valence electrons. The maximum absolute atomic E-state index is 12.9. The predicted molar refractivity (Wildman–Crippen MR) is 44.9 cm³/mol. The SMILES string of the molecule is O=COCOCC1CCCC(F)(F)C1. The molecule has 0 aliphatic heterocycles. The van der Waals surface area contributed by atoms with Crippen LogP contribution >= 0.6 is 0 Å². The fraction of sp³-hybridized carbons (Fsp3) is 0.889. The summed E-state index contributed by atoms with van der Waals surface area (Å²) in [6.07, 6.45) is 1.16. The first-order valence-corrected chi connectivity index (χ1v) is 4.65. The van der Waals surface area contributed by atoms with Gasteiger partial charge in [0.2, 0.25) is 5.92 Å². The van der Waals surface area contributed by atoms with E-state index in [4.69, 9.17) is 4.74 Å². The fourth-order valence-electron chi connectivity index (χ4n) is 1.71. The van der Waals surface area contributed by atoms with Crippen molar-refractivity contribution in [2.24, 2.45) is 5.92 Å². The van der Waals surface area contributed by atoms with Crippen LogP contribution in [0.5, 0.6) is 0 Å². The predicted octanol–water partition coefficient (Wildman–Crippen LogP) is 1.96. The average molecular weight is 208 g/mol. The van der Waals surface area contributed by atoms with Crippen LogP contribution in [0.15, 0.2) is 0 Å². The minimum Gasteiger partial charge on any atom is -0.441 e. The van der Waals surface area contributed by atoms with Gasteiger partial charge in [0, 0.05) is 12.8 Å². The van der Waals surface area contributed by atoms with Gasteiger partial charge in [0.15, 0.2) is 6.79 Å². The zero-order valence-corrected chi connectivity index (χ0v) is 7.88. The van der Waals surface area contributed by atoms with E-state index in [0.717, 1.165) is 6.42 Å². The van der Waals surface area contributed by atoms with Gasteiger partial charge >= 0.3 is 0 Å². The van der Waals surface area contributed by atoms with Crippen LogP contribution in [0, 0.1) is 5.92 Å². The van der Waals surface area contributed by atoms with Crippen molar-refractivity contribution < 1.29 is 23.0 Å². The van der Waals surface area contributed by atoms with Crippen molar-refractivity contribution in [1.29, 1.82) is 0 Å². The number of rotatable bonds is 5. The standard InChI is InChI=1S/C9H14F2O3/c10-9(11)3-1-2-8(4-9)5-13-7-14-6-12/h6,8H,1-5,7H2. The number of carbonyl (C=O) groups excluding carboxylic acids is 1. The third kappa shape index (κ3) is 4.00. The van der Waals surface area contributed by atoms with Gasteiger partial charge in [-0.25, -0.2) is 8.78 Å². The van der Waals surface area contributed by atoms with Gasteiger partial charge in [-0.2, -0.15) is 0 Å². The third-order valence-electron chi connectivity index (χ3n) is 2.32.